The molecule has 0 unspecified atom stereocenters. The summed E-state index contributed by atoms with van der Waals surface area (Å²) in [6.45, 7) is 6.87. The summed E-state index contributed by atoms with van der Waals surface area (Å²) in [7, 11) is -1.30. The van der Waals surface area contributed by atoms with Gasteiger partial charge in [0.15, 0.2) is 5.96 Å². The van der Waals surface area contributed by atoms with E-state index in [-0.39, 0.29) is 35.1 Å². The Kier molecular flexibility index (Phi) is 10.0. The molecule has 0 spiro atoms. The minimum atomic E-state index is -3.04. The summed E-state index contributed by atoms with van der Waals surface area (Å²) >= 11 is 0. The fraction of sp³-hybridized carbons (Fsp3) is 0.632. The minimum absolute atomic E-state index is 0. The van der Waals surface area contributed by atoms with Crippen molar-refractivity contribution in [3.8, 4) is 0 Å². The van der Waals surface area contributed by atoms with Crippen molar-refractivity contribution >= 4 is 40.0 Å². The second-order valence-corrected chi connectivity index (χ2v) is 8.86. The average Bonchev–Trinajstić information content (AvgIpc) is 3.00. The van der Waals surface area contributed by atoms with Gasteiger partial charge in [0.05, 0.1) is 5.75 Å². The second-order valence-electron chi connectivity index (χ2n) is 6.77. The summed E-state index contributed by atoms with van der Waals surface area (Å²) in [6.07, 6.45) is 2.79. The van der Waals surface area contributed by atoms with E-state index < -0.39 is 10.0 Å². The lowest BCUT2D eigenvalue weighted by Gasteiger charge is -2.33. The summed E-state index contributed by atoms with van der Waals surface area (Å²) in [4.78, 5) is 4.28. The molecule has 1 heterocycles. The molecule has 1 aromatic rings. The first kappa shape index (κ1) is 24.2. The van der Waals surface area contributed by atoms with E-state index in [1.807, 2.05) is 6.07 Å². The second kappa shape index (κ2) is 11.2. The van der Waals surface area contributed by atoms with Crippen LogP contribution >= 0.6 is 24.0 Å². The normalized spacial score (nSPS) is 17.4. The van der Waals surface area contributed by atoms with Crippen LogP contribution in [0.3, 0.4) is 0 Å². The highest BCUT2D eigenvalue weighted by Crippen LogP contribution is 2.30. The highest BCUT2D eigenvalue weighted by atomic mass is 127. The smallest absolute Gasteiger partial charge is 0.214 e. The molecular weight excluding hydrogens is 475 g/mol. The SMILES string of the molecule is CCC(CC)(CNC(=NC)NCCN1CCCS1(=O)=O)c1ccccc1.I. The van der Waals surface area contributed by atoms with Gasteiger partial charge in [-0.05, 0) is 24.8 Å². The van der Waals surface area contributed by atoms with Gasteiger partial charge in [-0.1, -0.05) is 44.2 Å². The van der Waals surface area contributed by atoms with Crippen molar-refractivity contribution in [2.75, 3.05) is 39.0 Å². The summed E-state index contributed by atoms with van der Waals surface area (Å²) in [6, 6.07) is 10.6. The maximum absolute atomic E-state index is 11.9. The highest BCUT2D eigenvalue weighted by molar-refractivity contribution is 14.0. The largest absolute Gasteiger partial charge is 0.356 e. The molecule has 0 aliphatic carbocycles. The number of nitrogens with one attached hydrogen (secondary N) is 2. The van der Waals surface area contributed by atoms with Gasteiger partial charge in [0.25, 0.3) is 0 Å². The molecule has 2 N–H and O–H groups in total. The van der Waals surface area contributed by atoms with Crippen molar-refractivity contribution in [1.82, 2.24) is 14.9 Å². The molecule has 0 saturated carbocycles. The number of nitrogens with zero attached hydrogens (tertiary/aromatic N) is 2. The zero-order valence-corrected chi connectivity index (χ0v) is 19.7. The van der Waals surface area contributed by atoms with Crippen LogP contribution in [0.5, 0.6) is 0 Å². The fourth-order valence-corrected chi connectivity index (χ4v) is 5.05. The molecule has 0 atom stereocenters. The summed E-state index contributed by atoms with van der Waals surface area (Å²) in [5, 5.41) is 6.67. The third-order valence-corrected chi connectivity index (χ3v) is 7.37. The molecule has 1 aliphatic heterocycles. The Hall–Kier alpha value is -0.870. The van der Waals surface area contributed by atoms with Gasteiger partial charge in [-0.15, -0.1) is 24.0 Å². The van der Waals surface area contributed by atoms with Crippen molar-refractivity contribution in [3.63, 3.8) is 0 Å². The Morgan fingerprint density at radius 3 is 2.37 bits per heavy atom. The minimum Gasteiger partial charge on any atom is -0.356 e. The van der Waals surface area contributed by atoms with Crippen LogP contribution in [0, 0.1) is 0 Å². The molecule has 1 aromatic carbocycles. The third-order valence-electron chi connectivity index (χ3n) is 5.41. The fourth-order valence-electron chi connectivity index (χ4n) is 3.52. The summed E-state index contributed by atoms with van der Waals surface area (Å²) in [5.41, 5.74) is 1.38. The van der Waals surface area contributed by atoms with Gasteiger partial charge in [0.1, 0.15) is 0 Å². The van der Waals surface area contributed by atoms with Crippen molar-refractivity contribution < 1.29 is 8.42 Å². The van der Waals surface area contributed by atoms with E-state index in [4.69, 9.17) is 0 Å². The lowest BCUT2D eigenvalue weighted by atomic mass is 9.76. The first-order valence-corrected chi connectivity index (χ1v) is 11.1. The molecular formula is C19H33IN4O2S. The van der Waals surface area contributed by atoms with E-state index in [1.165, 1.54) is 5.56 Å². The first-order valence-electron chi connectivity index (χ1n) is 9.45. The topological polar surface area (TPSA) is 73.8 Å². The van der Waals surface area contributed by atoms with Gasteiger partial charge in [-0.25, -0.2) is 12.7 Å². The maximum Gasteiger partial charge on any atom is 0.214 e. The molecule has 27 heavy (non-hydrogen) atoms. The number of sulfonamides is 1. The van der Waals surface area contributed by atoms with E-state index in [9.17, 15) is 8.42 Å². The number of halogens is 1. The monoisotopic (exact) mass is 508 g/mol. The third kappa shape index (κ3) is 6.32. The van der Waals surface area contributed by atoms with E-state index >= 15 is 0 Å². The predicted octanol–water partition coefficient (Wildman–Crippen LogP) is 2.56. The van der Waals surface area contributed by atoms with Gasteiger partial charge in [0.2, 0.25) is 10.0 Å². The Bertz CT molecular complexity index is 691. The van der Waals surface area contributed by atoms with Gasteiger partial charge < -0.3 is 10.6 Å². The van der Waals surface area contributed by atoms with Gasteiger partial charge >= 0.3 is 0 Å². The molecule has 0 radical (unpaired) electrons. The van der Waals surface area contributed by atoms with Gasteiger partial charge in [0, 0.05) is 38.6 Å². The first-order chi connectivity index (χ1) is 12.5. The Morgan fingerprint density at radius 2 is 1.85 bits per heavy atom. The van der Waals surface area contributed by atoms with Crippen LogP contribution in [0.1, 0.15) is 38.7 Å². The van der Waals surface area contributed by atoms with E-state index in [0.717, 1.165) is 25.8 Å². The van der Waals surface area contributed by atoms with Crippen LogP contribution in [-0.4, -0.2) is 57.7 Å². The molecule has 1 fully saturated rings. The van der Waals surface area contributed by atoms with Crippen LogP contribution in [0.4, 0.5) is 0 Å². The molecule has 0 amide bonds. The van der Waals surface area contributed by atoms with E-state index in [1.54, 1.807) is 11.4 Å². The molecule has 8 heteroatoms. The van der Waals surface area contributed by atoms with E-state index in [0.29, 0.717) is 25.6 Å². The number of benzene rings is 1. The van der Waals surface area contributed by atoms with Crippen molar-refractivity contribution in [2.45, 2.75) is 38.5 Å². The van der Waals surface area contributed by atoms with E-state index in [2.05, 4.69) is 53.7 Å². The van der Waals surface area contributed by atoms with Gasteiger partial charge in [-0.2, -0.15) is 0 Å². The lowest BCUT2D eigenvalue weighted by Crippen LogP contribution is -2.47. The average molecular weight is 508 g/mol. The van der Waals surface area contributed by atoms with Crippen LogP contribution in [0.2, 0.25) is 0 Å². The molecule has 154 valence electrons. The predicted molar refractivity (Wildman–Crippen MR) is 123 cm³/mol. The Balaban J connectivity index is 0.00000364. The Labute approximate surface area is 181 Å². The van der Waals surface area contributed by atoms with Crippen LogP contribution in [0.25, 0.3) is 0 Å². The van der Waals surface area contributed by atoms with Gasteiger partial charge in [-0.3, -0.25) is 4.99 Å². The number of guanidine groups is 1. The molecule has 1 saturated heterocycles. The van der Waals surface area contributed by atoms with Crippen molar-refractivity contribution in [1.29, 1.82) is 0 Å². The van der Waals surface area contributed by atoms with Crippen LogP contribution in [0.15, 0.2) is 35.3 Å². The summed E-state index contributed by atoms with van der Waals surface area (Å²) < 4.78 is 25.3. The lowest BCUT2D eigenvalue weighted by molar-refractivity contribution is 0.389. The number of rotatable bonds is 8. The molecule has 1 aliphatic rings. The zero-order chi connectivity index (χ0) is 19.0. The Morgan fingerprint density at radius 1 is 1.19 bits per heavy atom. The number of hydrogen-bond acceptors (Lipinski definition) is 3. The zero-order valence-electron chi connectivity index (χ0n) is 16.6. The van der Waals surface area contributed by atoms with Crippen LogP contribution < -0.4 is 10.6 Å². The van der Waals surface area contributed by atoms with Crippen molar-refractivity contribution in [2.24, 2.45) is 4.99 Å². The highest BCUT2D eigenvalue weighted by Gasteiger charge is 2.29. The number of hydrogen-bond donors (Lipinski definition) is 2. The number of aliphatic imine (C=N–C) groups is 1. The molecule has 6 nitrogen and oxygen atoms in total. The maximum atomic E-state index is 11.9. The summed E-state index contributed by atoms with van der Waals surface area (Å²) in [5.74, 6) is 0.982. The van der Waals surface area contributed by atoms with Crippen molar-refractivity contribution in [3.05, 3.63) is 35.9 Å². The molecule has 0 bridgehead atoms. The quantitative estimate of drug-likeness (QED) is 0.322. The molecule has 2 rings (SSSR count). The standard InChI is InChI=1S/C19H32N4O2S.HI/c1-4-19(5-2,17-10-7-6-8-11-17)16-22-18(20-3)21-12-14-23-13-9-15-26(23,24)25;/h6-8,10-11H,4-5,9,12-16H2,1-3H3,(H2,20,21,22);1H. The molecule has 0 aromatic heterocycles. The van der Waals surface area contributed by atoms with Crippen LogP contribution in [-0.2, 0) is 15.4 Å².